The first-order chi connectivity index (χ1) is 44.9. The van der Waals surface area contributed by atoms with E-state index in [0.717, 1.165) is 27.2 Å². The Balaban J connectivity index is 0.656. The first-order valence-electron chi connectivity index (χ1n) is 31.7. The van der Waals surface area contributed by atoms with Crippen LogP contribution in [-0.2, 0) is 53.6 Å². The van der Waals surface area contributed by atoms with Crippen LogP contribution in [0.5, 0.6) is 0 Å². The van der Waals surface area contributed by atoms with Crippen molar-refractivity contribution in [3.8, 4) is 11.1 Å². The van der Waals surface area contributed by atoms with E-state index in [-0.39, 0.29) is 55.4 Å². The number of alkyl halides is 6. The third-order valence-electron chi connectivity index (χ3n) is 18.9. The number of amides is 4. The Morgan fingerprint density at radius 1 is 0.734 bits per heavy atom. The summed E-state index contributed by atoms with van der Waals surface area (Å²) in [4.78, 5) is 76.4. The summed E-state index contributed by atoms with van der Waals surface area (Å²) < 4.78 is 116. The van der Waals surface area contributed by atoms with Crippen LogP contribution in [0, 0.1) is 5.82 Å². The minimum absolute atomic E-state index is 0.0244. The molecule has 0 bridgehead atoms. The summed E-state index contributed by atoms with van der Waals surface area (Å²) in [6, 6.07) is 37.7. The van der Waals surface area contributed by atoms with Gasteiger partial charge in [0, 0.05) is 81.2 Å². The zero-order valence-electron chi connectivity index (χ0n) is 53.0. The number of ketones is 1. The molecule has 0 saturated carbocycles. The Hall–Kier alpha value is -8.22. The summed E-state index contributed by atoms with van der Waals surface area (Å²) in [5.41, 5.74) is 0.752. The SMILES string of the molecule is CNC(CN1CCC(OC(=O)Nc2ccccc2-c2ccccc2)CC1)C(=O)[C@H](C)Nc1ccc(C(=O)N(C)CCCN(C)C(=O)CO[C@H]2Cc3ccccc3C23CCN(CC[C@]2(c4ccc(F)cc4)CN(C(=O)c4cc(C(F)(F)F)cc(C(F)(F)F)c4)CO2)CC3)cc1. The van der Waals surface area contributed by atoms with Gasteiger partial charge in [0.15, 0.2) is 5.78 Å². The predicted molar refractivity (Wildman–Crippen MR) is 341 cm³/mol. The second-order valence-electron chi connectivity index (χ2n) is 25.0. The van der Waals surface area contributed by atoms with Crippen LogP contribution in [0.15, 0.2) is 146 Å². The van der Waals surface area contributed by atoms with Crippen LogP contribution in [-0.4, -0.2) is 172 Å². The molecule has 94 heavy (non-hydrogen) atoms. The van der Waals surface area contributed by atoms with Crippen molar-refractivity contribution in [1.82, 2.24) is 29.8 Å². The fourth-order valence-electron chi connectivity index (χ4n) is 13.4. The van der Waals surface area contributed by atoms with Gasteiger partial charge in [-0.05, 0) is 155 Å². The summed E-state index contributed by atoms with van der Waals surface area (Å²) in [7, 11) is 5.17. The number of para-hydroxylation sites is 1. The maximum absolute atomic E-state index is 14.2. The number of anilines is 2. The predicted octanol–water partition coefficient (Wildman–Crippen LogP) is 11.5. The number of likely N-dealkylation sites (N-methyl/N-ethyl adjacent to an activating group) is 2. The van der Waals surface area contributed by atoms with Crippen LogP contribution < -0.4 is 16.0 Å². The number of carbonyl (C=O) groups excluding carboxylic acids is 5. The quantitative estimate of drug-likeness (QED) is 0.0521. The molecule has 6 aromatic rings. The second-order valence-corrected chi connectivity index (χ2v) is 25.0. The lowest BCUT2D eigenvalue weighted by Crippen LogP contribution is -2.51. The van der Waals surface area contributed by atoms with Crippen molar-refractivity contribution in [2.45, 2.75) is 99.5 Å². The fraction of sp³-hybridized carbons (Fsp3) is 0.423. The highest BCUT2D eigenvalue weighted by Gasteiger charge is 2.50. The van der Waals surface area contributed by atoms with E-state index < -0.39 is 76.7 Å². The van der Waals surface area contributed by atoms with Gasteiger partial charge in [-0.25, -0.2) is 9.18 Å². The second kappa shape index (κ2) is 29.6. The zero-order valence-corrected chi connectivity index (χ0v) is 53.0. The van der Waals surface area contributed by atoms with Crippen LogP contribution in [0.4, 0.5) is 46.9 Å². The number of rotatable bonds is 23. The van der Waals surface area contributed by atoms with Gasteiger partial charge in [-0.2, -0.15) is 26.3 Å². The average molecular weight is 1310 g/mol. The normalized spacial score (nSPS) is 19.1. The number of nitrogens with one attached hydrogen (secondary N) is 3. The molecule has 3 heterocycles. The molecule has 16 nitrogen and oxygen atoms in total. The number of likely N-dealkylation sites (tertiary alicyclic amines) is 2. The number of fused-ring (bicyclic) bond motifs is 2. The molecular weight excluding hydrogens is 1230 g/mol. The van der Waals surface area contributed by atoms with E-state index in [0.29, 0.717) is 126 Å². The Bertz CT molecular complexity index is 3590. The maximum atomic E-state index is 14.2. The molecule has 500 valence electrons. The van der Waals surface area contributed by atoms with Gasteiger partial charge in [0.05, 0.1) is 41.5 Å². The molecule has 10 rings (SSSR count). The number of nitrogens with zero attached hydrogens (tertiary/aromatic N) is 5. The van der Waals surface area contributed by atoms with Crippen molar-refractivity contribution in [1.29, 1.82) is 0 Å². The molecule has 0 aromatic heterocycles. The third kappa shape index (κ3) is 16.3. The van der Waals surface area contributed by atoms with Gasteiger partial charge < -0.3 is 49.3 Å². The van der Waals surface area contributed by atoms with Crippen molar-refractivity contribution >= 4 is 41.0 Å². The van der Waals surface area contributed by atoms with E-state index in [9.17, 15) is 54.7 Å². The lowest BCUT2D eigenvalue weighted by molar-refractivity contribution is -0.143. The molecule has 4 amide bonds. The maximum Gasteiger partial charge on any atom is 0.416 e. The molecule has 23 heteroatoms. The number of piperidine rings is 2. The van der Waals surface area contributed by atoms with E-state index in [4.69, 9.17) is 14.2 Å². The van der Waals surface area contributed by atoms with Crippen LogP contribution in [0.3, 0.4) is 0 Å². The van der Waals surface area contributed by atoms with Gasteiger partial charge in [-0.3, -0.25) is 24.5 Å². The standard InChI is InChI=1S/C71H79F7N8O8/c1-47(64(88)61(79-2)43-85-34-27-57(28-35-85)94-67(91)81-60-18-11-9-16-58(60)48-13-6-5-7-14-48)80-56-25-19-49(20-26-56)65(89)83(4)33-12-32-82(3)63(87)44-92-62-41-50-15-8-10-17-59(50)68(62)29-36-84(37-30-68)38-31-69(52-21-23-55(72)24-22-52)45-86(46-93-69)66(90)51-39-53(70(73,74)75)42-54(40-51)71(76,77)78/h5-11,13-26,39-40,42,47,57,61-62,79-80H,12,27-38,41,43-46H2,1-4H3,(H,81,91)/t47-,61?,62-,69+/m0/s1. The number of hydrogen-bond donors (Lipinski definition) is 3. The smallest absolute Gasteiger partial charge is 0.416 e. The van der Waals surface area contributed by atoms with Crippen molar-refractivity contribution in [2.75, 3.05) is 104 Å². The van der Waals surface area contributed by atoms with Gasteiger partial charge in [0.1, 0.15) is 30.9 Å². The summed E-state index contributed by atoms with van der Waals surface area (Å²) in [6.45, 7) is 5.13. The number of Topliss-reactive ketones (excluding diaryl/α,β-unsaturated/α-hetero) is 1. The Morgan fingerprint density at radius 3 is 2.04 bits per heavy atom. The minimum atomic E-state index is -5.15. The Kier molecular flexibility index (Phi) is 21.6. The minimum Gasteiger partial charge on any atom is -0.446 e. The van der Waals surface area contributed by atoms with Crippen LogP contribution in [0.25, 0.3) is 11.1 Å². The van der Waals surface area contributed by atoms with Crippen molar-refractivity contribution in [2.24, 2.45) is 0 Å². The molecule has 1 unspecified atom stereocenters. The molecule has 1 spiro atoms. The molecule has 3 N–H and O–H groups in total. The van der Waals surface area contributed by atoms with Gasteiger partial charge in [-0.15, -0.1) is 0 Å². The van der Waals surface area contributed by atoms with Crippen LogP contribution >= 0.6 is 0 Å². The lowest BCUT2D eigenvalue weighted by atomic mass is 9.72. The highest BCUT2D eigenvalue weighted by Crippen LogP contribution is 2.48. The largest absolute Gasteiger partial charge is 0.446 e. The van der Waals surface area contributed by atoms with E-state index in [1.165, 1.54) is 24.3 Å². The molecule has 4 aliphatic rings. The van der Waals surface area contributed by atoms with Crippen molar-refractivity contribution in [3.63, 3.8) is 0 Å². The highest BCUT2D eigenvalue weighted by atomic mass is 19.4. The van der Waals surface area contributed by atoms with Crippen molar-refractivity contribution < 1.29 is 68.9 Å². The monoisotopic (exact) mass is 1300 g/mol. The molecule has 3 aliphatic heterocycles. The zero-order chi connectivity index (χ0) is 67.0. The lowest BCUT2D eigenvalue weighted by Gasteiger charge is -2.44. The molecule has 3 fully saturated rings. The molecule has 4 atom stereocenters. The highest BCUT2D eigenvalue weighted by molar-refractivity contribution is 5.96. The summed E-state index contributed by atoms with van der Waals surface area (Å²) in [5, 5.41) is 9.38. The summed E-state index contributed by atoms with van der Waals surface area (Å²) >= 11 is 0. The van der Waals surface area contributed by atoms with Gasteiger partial charge in [0.2, 0.25) is 5.91 Å². The number of halogens is 7. The van der Waals surface area contributed by atoms with Crippen LogP contribution in [0.2, 0.25) is 0 Å². The number of ether oxygens (including phenoxy) is 3. The summed E-state index contributed by atoms with van der Waals surface area (Å²) in [6.07, 6.45) is -7.45. The van der Waals surface area contributed by atoms with Gasteiger partial charge in [0.25, 0.3) is 11.8 Å². The summed E-state index contributed by atoms with van der Waals surface area (Å²) in [5.74, 6) is -2.05. The molecular formula is C71H79F7N8O8. The molecule has 3 saturated heterocycles. The van der Waals surface area contributed by atoms with Crippen molar-refractivity contribution in [3.05, 3.63) is 190 Å². The van der Waals surface area contributed by atoms with E-state index in [1.54, 1.807) is 55.2 Å². The molecule has 6 aromatic carbocycles. The van der Waals surface area contributed by atoms with E-state index >= 15 is 0 Å². The van der Waals surface area contributed by atoms with Gasteiger partial charge >= 0.3 is 18.4 Å². The first-order valence-corrected chi connectivity index (χ1v) is 31.7. The molecule has 0 radical (unpaired) electrons. The van der Waals surface area contributed by atoms with E-state index in [2.05, 4.69) is 37.9 Å². The average Bonchev–Trinajstić information content (AvgIpc) is 1.58. The van der Waals surface area contributed by atoms with E-state index in [1.807, 2.05) is 73.7 Å². The molecule has 1 aliphatic carbocycles. The van der Waals surface area contributed by atoms with Gasteiger partial charge in [-0.1, -0.05) is 84.9 Å². The Labute approximate surface area is 542 Å². The topological polar surface area (TPSA) is 165 Å². The number of hydrogen-bond acceptors (Lipinski definition) is 12. The van der Waals surface area contributed by atoms with Crippen LogP contribution in [0.1, 0.15) is 94.0 Å². The third-order valence-corrected chi connectivity index (χ3v) is 18.9. The number of benzene rings is 6. The number of carbonyl (C=O) groups is 5. The Morgan fingerprint density at radius 2 is 1.37 bits per heavy atom. The first kappa shape index (κ1) is 68.6. The fourth-order valence-corrected chi connectivity index (χ4v) is 13.4.